The fourth-order valence-electron chi connectivity index (χ4n) is 4.85. The number of aliphatic hydroxyl groups is 1. The molecular weight excluding hydrogens is 506 g/mol. The van der Waals surface area contributed by atoms with E-state index in [0.717, 1.165) is 42.0 Å². The van der Waals surface area contributed by atoms with Gasteiger partial charge in [0.1, 0.15) is 17.7 Å². The van der Waals surface area contributed by atoms with Crippen molar-refractivity contribution in [2.75, 3.05) is 11.9 Å². The summed E-state index contributed by atoms with van der Waals surface area (Å²) in [6.45, 7) is 6.58. The van der Waals surface area contributed by atoms with Gasteiger partial charge in [0.05, 0.1) is 6.61 Å². The molecule has 3 amide bonds. The number of aliphatic hydroxyl groups excluding tert-OH is 1. The first-order chi connectivity index (χ1) is 19.1. The largest absolute Gasteiger partial charge is 0.444 e. The summed E-state index contributed by atoms with van der Waals surface area (Å²) >= 11 is 0. The Morgan fingerprint density at radius 2 is 1.68 bits per heavy atom. The number of amides is 3. The second-order valence-electron chi connectivity index (χ2n) is 11.3. The number of alkyl carbamates (subject to hydrolysis) is 1. The van der Waals surface area contributed by atoms with Crippen LogP contribution in [0.2, 0.25) is 0 Å². The van der Waals surface area contributed by atoms with E-state index < -0.39 is 36.3 Å². The summed E-state index contributed by atoms with van der Waals surface area (Å²) in [5.41, 5.74) is 1.61. The molecule has 40 heavy (non-hydrogen) atoms. The van der Waals surface area contributed by atoms with Gasteiger partial charge in [0.25, 0.3) is 5.91 Å². The highest BCUT2D eigenvalue weighted by Crippen LogP contribution is 2.34. The minimum Gasteiger partial charge on any atom is -0.444 e. The zero-order chi connectivity index (χ0) is 28.9. The van der Waals surface area contributed by atoms with E-state index in [2.05, 4.69) is 17.6 Å². The van der Waals surface area contributed by atoms with Crippen LogP contribution in [0.3, 0.4) is 0 Å². The summed E-state index contributed by atoms with van der Waals surface area (Å²) < 4.78 is 5.32. The van der Waals surface area contributed by atoms with Gasteiger partial charge in [-0.15, -0.1) is 0 Å². The molecule has 0 aliphatic heterocycles. The third-order valence-corrected chi connectivity index (χ3v) is 7.14. The fourth-order valence-corrected chi connectivity index (χ4v) is 4.85. The van der Waals surface area contributed by atoms with E-state index >= 15 is 0 Å². The molecule has 1 saturated carbocycles. The van der Waals surface area contributed by atoms with E-state index in [1.807, 2.05) is 66.7 Å². The molecule has 0 bridgehead atoms. The van der Waals surface area contributed by atoms with Crippen molar-refractivity contribution in [1.82, 2.24) is 10.2 Å². The summed E-state index contributed by atoms with van der Waals surface area (Å²) in [6.07, 6.45) is 2.40. The van der Waals surface area contributed by atoms with Gasteiger partial charge >= 0.3 is 6.09 Å². The Morgan fingerprint density at radius 1 is 1.00 bits per heavy atom. The molecule has 2 unspecified atom stereocenters. The maximum absolute atomic E-state index is 14.0. The highest BCUT2D eigenvalue weighted by molar-refractivity contribution is 6.00. The van der Waals surface area contributed by atoms with Gasteiger partial charge in [-0.1, -0.05) is 61.5 Å². The molecule has 0 saturated heterocycles. The Morgan fingerprint density at radius 3 is 2.25 bits per heavy atom. The number of hydrogen-bond acceptors (Lipinski definition) is 5. The Balaban J connectivity index is 1.69. The SMILES string of the molecule is CCc1ccc(C(C(=O)Nc2ccc3ccccc3c2)N(C(=O)C(CO)NC(=O)OC(C)(C)C)C2CCC2)cc1. The number of fused-ring (bicyclic) bond motifs is 1. The molecule has 0 heterocycles. The average molecular weight is 546 g/mol. The minimum atomic E-state index is -1.26. The second kappa shape index (κ2) is 12.5. The van der Waals surface area contributed by atoms with Gasteiger partial charge in [0, 0.05) is 11.7 Å². The zero-order valence-electron chi connectivity index (χ0n) is 23.6. The van der Waals surface area contributed by atoms with E-state index in [0.29, 0.717) is 11.3 Å². The molecule has 3 aromatic rings. The lowest BCUT2D eigenvalue weighted by molar-refractivity contribution is -0.146. The lowest BCUT2D eigenvalue weighted by Gasteiger charge is -2.43. The molecule has 0 spiro atoms. The topological polar surface area (TPSA) is 108 Å². The van der Waals surface area contributed by atoms with E-state index in [4.69, 9.17) is 4.74 Å². The smallest absolute Gasteiger partial charge is 0.408 e. The van der Waals surface area contributed by atoms with Crippen LogP contribution in [0, 0.1) is 0 Å². The van der Waals surface area contributed by atoms with Gasteiger partial charge < -0.3 is 25.4 Å². The van der Waals surface area contributed by atoms with Crippen LogP contribution in [0.5, 0.6) is 0 Å². The van der Waals surface area contributed by atoms with Gasteiger partial charge in [-0.2, -0.15) is 0 Å². The van der Waals surface area contributed by atoms with Gasteiger partial charge in [-0.05, 0) is 80.5 Å². The molecular formula is C32H39N3O5. The Hall–Kier alpha value is -3.91. The summed E-state index contributed by atoms with van der Waals surface area (Å²) in [4.78, 5) is 42.1. The molecule has 1 fully saturated rings. The van der Waals surface area contributed by atoms with Crippen LogP contribution in [0.25, 0.3) is 10.8 Å². The van der Waals surface area contributed by atoms with Crippen molar-refractivity contribution in [2.45, 2.75) is 77.1 Å². The molecule has 1 aliphatic carbocycles. The van der Waals surface area contributed by atoms with Crippen LogP contribution >= 0.6 is 0 Å². The van der Waals surface area contributed by atoms with Crippen LogP contribution in [0.4, 0.5) is 10.5 Å². The summed E-state index contributed by atoms with van der Waals surface area (Å²) in [5.74, 6) is -0.898. The molecule has 212 valence electrons. The first-order valence-electron chi connectivity index (χ1n) is 13.9. The highest BCUT2D eigenvalue weighted by Gasteiger charge is 2.42. The molecule has 2 atom stereocenters. The number of aryl methyl sites for hydroxylation is 1. The summed E-state index contributed by atoms with van der Waals surface area (Å²) in [6, 6.07) is 18.8. The number of carbonyl (C=O) groups is 3. The van der Waals surface area contributed by atoms with Gasteiger partial charge in [-0.25, -0.2) is 4.79 Å². The Bertz CT molecular complexity index is 1340. The monoisotopic (exact) mass is 545 g/mol. The molecule has 1 aliphatic rings. The number of carbonyl (C=O) groups excluding carboxylic acids is 3. The highest BCUT2D eigenvalue weighted by atomic mass is 16.6. The number of ether oxygens (including phenoxy) is 1. The number of benzene rings is 3. The number of anilines is 1. The van der Waals surface area contributed by atoms with Crippen LogP contribution in [-0.2, 0) is 20.7 Å². The quantitative estimate of drug-likeness (QED) is 0.336. The van der Waals surface area contributed by atoms with Crippen molar-refractivity contribution in [3.8, 4) is 0 Å². The third kappa shape index (κ3) is 6.99. The van der Waals surface area contributed by atoms with Crippen LogP contribution < -0.4 is 10.6 Å². The standard InChI is InChI=1S/C32H39N3O5/c1-5-21-13-15-23(16-14-21)28(29(37)33-25-18-17-22-9-6-7-10-24(22)19-25)35(26-11-8-12-26)30(38)27(20-36)34-31(39)40-32(2,3)4/h6-7,9-10,13-19,26-28,36H,5,8,11-12,20H2,1-4H3,(H,33,37)(H,34,39). The lowest BCUT2D eigenvalue weighted by Crippen LogP contribution is -2.58. The van der Waals surface area contributed by atoms with Crippen molar-refractivity contribution in [3.63, 3.8) is 0 Å². The predicted octanol–water partition coefficient (Wildman–Crippen LogP) is 5.35. The minimum absolute atomic E-state index is 0.208. The van der Waals surface area contributed by atoms with Crippen molar-refractivity contribution in [3.05, 3.63) is 77.9 Å². The molecule has 3 aromatic carbocycles. The first-order valence-corrected chi connectivity index (χ1v) is 13.9. The molecule has 8 nitrogen and oxygen atoms in total. The lowest BCUT2D eigenvalue weighted by atomic mass is 9.88. The molecule has 0 radical (unpaired) electrons. The van der Waals surface area contributed by atoms with E-state index in [1.165, 1.54) is 0 Å². The maximum Gasteiger partial charge on any atom is 0.408 e. The fraction of sp³-hybridized carbons (Fsp3) is 0.406. The number of hydrogen-bond donors (Lipinski definition) is 3. The zero-order valence-corrected chi connectivity index (χ0v) is 23.6. The van der Waals surface area contributed by atoms with Crippen LogP contribution in [0.1, 0.15) is 64.1 Å². The van der Waals surface area contributed by atoms with Gasteiger partial charge in [0.2, 0.25) is 5.91 Å². The summed E-state index contributed by atoms with van der Waals surface area (Å²) in [5, 5.41) is 17.7. The Labute approximate surface area is 235 Å². The van der Waals surface area contributed by atoms with Crippen molar-refractivity contribution >= 4 is 34.4 Å². The third-order valence-electron chi connectivity index (χ3n) is 7.14. The second-order valence-corrected chi connectivity index (χ2v) is 11.3. The normalized spacial score (nSPS) is 15.0. The van der Waals surface area contributed by atoms with Crippen LogP contribution in [-0.4, -0.2) is 52.2 Å². The van der Waals surface area contributed by atoms with Crippen molar-refractivity contribution in [1.29, 1.82) is 0 Å². The first kappa shape index (κ1) is 29.1. The van der Waals surface area contributed by atoms with E-state index in [1.54, 1.807) is 25.7 Å². The Kier molecular flexibility index (Phi) is 9.10. The number of nitrogens with one attached hydrogen (secondary N) is 2. The number of nitrogens with zero attached hydrogens (tertiary/aromatic N) is 1. The molecule has 8 heteroatoms. The van der Waals surface area contributed by atoms with Gasteiger partial charge in [0.15, 0.2) is 0 Å². The van der Waals surface area contributed by atoms with Crippen molar-refractivity contribution < 1.29 is 24.2 Å². The number of rotatable bonds is 9. The molecule has 4 rings (SSSR count). The molecule has 3 N–H and O–H groups in total. The summed E-state index contributed by atoms with van der Waals surface area (Å²) in [7, 11) is 0. The van der Waals surface area contributed by atoms with Crippen molar-refractivity contribution in [2.24, 2.45) is 0 Å². The van der Waals surface area contributed by atoms with E-state index in [9.17, 15) is 19.5 Å². The predicted molar refractivity (Wildman–Crippen MR) is 156 cm³/mol. The van der Waals surface area contributed by atoms with Crippen LogP contribution in [0.15, 0.2) is 66.7 Å². The van der Waals surface area contributed by atoms with Gasteiger partial charge in [-0.3, -0.25) is 9.59 Å². The van der Waals surface area contributed by atoms with E-state index in [-0.39, 0.29) is 11.9 Å². The maximum atomic E-state index is 14.0. The molecule has 0 aromatic heterocycles. The average Bonchev–Trinajstić information content (AvgIpc) is 2.89.